The fourth-order valence-corrected chi connectivity index (χ4v) is 1.12. The van der Waals surface area contributed by atoms with Gasteiger partial charge in [-0.25, -0.2) is 0 Å². The maximum atomic E-state index is 5.60. The van der Waals surface area contributed by atoms with Crippen molar-refractivity contribution < 1.29 is 4.74 Å². The Morgan fingerprint density at radius 1 is 1.33 bits per heavy atom. The van der Waals surface area contributed by atoms with Crippen molar-refractivity contribution in [3.8, 4) is 5.75 Å². The highest BCUT2D eigenvalue weighted by Crippen LogP contribution is 2.18. The van der Waals surface area contributed by atoms with E-state index in [1.165, 1.54) is 3.57 Å². The molecule has 0 bridgehead atoms. The van der Waals surface area contributed by atoms with Crippen molar-refractivity contribution in [2.24, 2.45) is 0 Å². The van der Waals surface area contributed by atoms with E-state index in [0.717, 1.165) is 5.75 Å². The summed E-state index contributed by atoms with van der Waals surface area (Å²) in [6, 6.07) is 8.93. The van der Waals surface area contributed by atoms with Crippen LogP contribution in [0.1, 0.15) is 20.8 Å². The lowest BCUT2D eigenvalue weighted by Crippen LogP contribution is -2.22. The molecule has 0 N–H and O–H groups in total. The zero-order valence-corrected chi connectivity index (χ0v) is 9.68. The summed E-state index contributed by atoms with van der Waals surface area (Å²) >= 11 is 2.25. The Morgan fingerprint density at radius 3 is 2.42 bits per heavy atom. The molecule has 65 valence electrons. The minimum Gasteiger partial charge on any atom is -0.488 e. The molecule has 0 aliphatic heterocycles. The zero-order valence-electron chi connectivity index (χ0n) is 7.52. The van der Waals surface area contributed by atoms with E-state index < -0.39 is 0 Å². The van der Waals surface area contributed by atoms with Crippen molar-refractivity contribution in [3.05, 3.63) is 27.8 Å². The first-order valence-corrected chi connectivity index (χ1v) is 4.91. The summed E-state index contributed by atoms with van der Waals surface area (Å²) in [6.07, 6.45) is 0. The summed E-state index contributed by atoms with van der Waals surface area (Å²) in [4.78, 5) is 0. The van der Waals surface area contributed by atoms with Gasteiger partial charge in [0.15, 0.2) is 0 Å². The molecular formula is C10H12IO. The predicted molar refractivity (Wildman–Crippen MR) is 58.4 cm³/mol. The van der Waals surface area contributed by atoms with Gasteiger partial charge in [-0.05, 0) is 61.6 Å². The van der Waals surface area contributed by atoms with E-state index in [1.54, 1.807) is 0 Å². The number of halogens is 1. The second-order valence-corrected chi connectivity index (χ2v) is 4.83. The molecule has 12 heavy (non-hydrogen) atoms. The van der Waals surface area contributed by atoms with Crippen LogP contribution in [0, 0.1) is 9.64 Å². The maximum Gasteiger partial charge on any atom is 0.128 e. The molecule has 0 saturated heterocycles. The Kier molecular flexibility index (Phi) is 2.99. The fourth-order valence-electron chi connectivity index (χ4n) is 0.785. The summed E-state index contributed by atoms with van der Waals surface area (Å²) in [5, 5.41) is 0. The highest BCUT2D eigenvalue weighted by molar-refractivity contribution is 14.1. The quantitative estimate of drug-likeness (QED) is 0.715. The SMILES string of the molecule is CC(C)(C)Oc1[c]cc(I)cc1. The Bertz CT molecular complexity index is 246. The van der Waals surface area contributed by atoms with Crippen molar-refractivity contribution in [2.45, 2.75) is 26.4 Å². The van der Waals surface area contributed by atoms with Crippen LogP contribution >= 0.6 is 22.6 Å². The van der Waals surface area contributed by atoms with Gasteiger partial charge in [0, 0.05) is 9.64 Å². The van der Waals surface area contributed by atoms with Gasteiger partial charge in [0.2, 0.25) is 0 Å². The number of rotatable bonds is 1. The molecule has 1 aromatic rings. The summed E-state index contributed by atoms with van der Waals surface area (Å²) in [6.45, 7) is 6.08. The Labute approximate surface area is 87.3 Å². The number of ether oxygens (including phenoxy) is 1. The minimum atomic E-state index is -0.136. The average Bonchev–Trinajstić information content (AvgIpc) is 1.91. The van der Waals surface area contributed by atoms with Crippen molar-refractivity contribution >= 4 is 22.6 Å². The van der Waals surface area contributed by atoms with Gasteiger partial charge in [-0.15, -0.1) is 0 Å². The smallest absolute Gasteiger partial charge is 0.128 e. The van der Waals surface area contributed by atoms with Crippen LogP contribution in [-0.2, 0) is 0 Å². The first-order chi connectivity index (χ1) is 5.47. The lowest BCUT2D eigenvalue weighted by molar-refractivity contribution is 0.130. The van der Waals surface area contributed by atoms with Crippen LogP contribution in [0.4, 0.5) is 0 Å². The van der Waals surface area contributed by atoms with Gasteiger partial charge in [-0.1, -0.05) is 0 Å². The molecule has 1 nitrogen and oxygen atoms in total. The third-order valence-electron chi connectivity index (χ3n) is 1.16. The molecule has 0 aromatic heterocycles. The van der Waals surface area contributed by atoms with E-state index in [4.69, 9.17) is 4.74 Å². The topological polar surface area (TPSA) is 9.23 Å². The summed E-state index contributed by atoms with van der Waals surface area (Å²) in [5.41, 5.74) is -0.136. The minimum absolute atomic E-state index is 0.136. The standard InChI is InChI=1S/C10H12IO/c1-10(2,3)12-9-6-4-8(11)5-7-9/h4-6H,1-3H3. The molecule has 0 saturated carbocycles. The van der Waals surface area contributed by atoms with Gasteiger partial charge >= 0.3 is 0 Å². The summed E-state index contributed by atoms with van der Waals surface area (Å²) in [7, 11) is 0. The van der Waals surface area contributed by atoms with Gasteiger partial charge in [0.1, 0.15) is 11.4 Å². The zero-order chi connectivity index (χ0) is 9.19. The molecule has 2 heteroatoms. The Balaban J connectivity index is 2.71. The van der Waals surface area contributed by atoms with E-state index in [1.807, 2.05) is 39.0 Å². The second-order valence-electron chi connectivity index (χ2n) is 3.59. The lowest BCUT2D eigenvalue weighted by atomic mass is 10.2. The molecule has 1 radical (unpaired) electrons. The van der Waals surface area contributed by atoms with E-state index in [0.29, 0.717) is 0 Å². The molecule has 0 aliphatic carbocycles. The molecule has 0 heterocycles. The van der Waals surface area contributed by atoms with Gasteiger partial charge in [-0.2, -0.15) is 0 Å². The number of hydrogen-bond donors (Lipinski definition) is 0. The van der Waals surface area contributed by atoms with Crippen LogP contribution < -0.4 is 4.74 Å². The van der Waals surface area contributed by atoms with E-state index >= 15 is 0 Å². The molecule has 0 fully saturated rings. The van der Waals surface area contributed by atoms with Crippen LogP contribution in [0.25, 0.3) is 0 Å². The van der Waals surface area contributed by atoms with Crippen molar-refractivity contribution in [1.29, 1.82) is 0 Å². The molecule has 0 atom stereocenters. The van der Waals surface area contributed by atoms with Crippen molar-refractivity contribution in [3.63, 3.8) is 0 Å². The first kappa shape index (κ1) is 9.84. The number of benzene rings is 1. The molecule has 1 rings (SSSR count). The van der Waals surface area contributed by atoms with Crippen LogP contribution in [0.2, 0.25) is 0 Å². The highest BCUT2D eigenvalue weighted by atomic mass is 127. The largest absolute Gasteiger partial charge is 0.488 e. The molecule has 0 aliphatic rings. The van der Waals surface area contributed by atoms with Crippen LogP contribution in [0.15, 0.2) is 18.2 Å². The van der Waals surface area contributed by atoms with Crippen LogP contribution in [0.5, 0.6) is 5.75 Å². The molecular weight excluding hydrogens is 263 g/mol. The van der Waals surface area contributed by atoms with Crippen LogP contribution in [0.3, 0.4) is 0 Å². The van der Waals surface area contributed by atoms with Crippen molar-refractivity contribution in [2.75, 3.05) is 0 Å². The first-order valence-electron chi connectivity index (χ1n) is 3.84. The van der Waals surface area contributed by atoms with Gasteiger partial charge in [0.25, 0.3) is 0 Å². The predicted octanol–water partition coefficient (Wildman–Crippen LogP) is 3.27. The Hall–Kier alpha value is -0.250. The van der Waals surface area contributed by atoms with Crippen molar-refractivity contribution in [1.82, 2.24) is 0 Å². The molecule has 0 amide bonds. The highest BCUT2D eigenvalue weighted by Gasteiger charge is 2.10. The van der Waals surface area contributed by atoms with E-state index in [-0.39, 0.29) is 5.60 Å². The molecule has 0 unspecified atom stereocenters. The molecule has 1 aromatic carbocycles. The van der Waals surface area contributed by atoms with E-state index in [9.17, 15) is 0 Å². The van der Waals surface area contributed by atoms with E-state index in [2.05, 4.69) is 28.7 Å². The maximum absolute atomic E-state index is 5.60. The number of hydrogen-bond acceptors (Lipinski definition) is 1. The third kappa shape index (κ3) is 3.43. The fraction of sp³-hybridized carbons (Fsp3) is 0.400. The lowest BCUT2D eigenvalue weighted by Gasteiger charge is -2.20. The summed E-state index contributed by atoms with van der Waals surface area (Å²) < 4.78 is 6.77. The second kappa shape index (κ2) is 3.64. The van der Waals surface area contributed by atoms with Gasteiger partial charge < -0.3 is 4.74 Å². The Morgan fingerprint density at radius 2 is 2.00 bits per heavy atom. The normalized spacial score (nSPS) is 11.3. The average molecular weight is 275 g/mol. The summed E-state index contributed by atoms with van der Waals surface area (Å²) in [5.74, 6) is 0.808. The van der Waals surface area contributed by atoms with Gasteiger partial charge in [-0.3, -0.25) is 0 Å². The van der Waals surface area contributed by atoms with Crippen LogP contribution in [-0.4, -0.2) is 5.60 Å². The third-order valence-corrected chi connectivity index (χ3v) is 1.83. The monoisotopic (exact) mass is 275 g/mol. The van der Waals surface area contributed by atoms with Gasteiger partial charge in [0.05, 0.1) is 0 Å². The molecule has 0 spiro atoms.